The van der Waals surface area contributed by atoms with Gasteiger partial charge in [-0.05, 0) is 24.1 Å². The molecular weight excluding hydrogens is 282 g/mol. The standard InChI is InChI=1S/C13H17NO5S/c1-4-9-5-6-10(7-11(9)20(3,18)19)13(17)14(2)8-12(15)16/h5-7H,4,8H2,1-3H3,(H,15,16). The van der Waals surface area contributed by atoms with Crippen LogP contribution in [0.4, 0.5) is 0 Å². The maximum absolute atomic E-state index is 12.0. The van der Waals surface area contributed by atoms with Gasteiger partial charge in [-0.1, -0.05) is 13.0 Å². The van der Waals surface area contributed by atoms with E-state index in [9.17, 15) is 18.0 Å². The number of rotatable bonds is 5. The minimum absolute atomic E-state index is 0.106. The zero-order chi connectivity index (χ0) is 15.5. The lowest BCUT2D eigenvalue weighted by Crippen LogP contribution is -2.32. The van der Waals surface area contributed by atoms with Crippen LogP contribution in [0.25, 0.3) is 0 Å². The van der Waals surface area contributed by atoms with Crippen molar-refractivity contribution < 1.29 is 23.1 Å². The van der Waals surface area contributed by atoms with Gasteiger partial charge < -0.3 is 10.0 Å². The molecule has 0 fully saturated rings. The van der Waals surface area contributed by atoms with Crippen molar-refractivity contribution in [1.29, 1.82) is 0 Å². The molecule has 0 saturated carbocycles. The molecule has 0 heterocycles. The molecule has 0 radical (unpaired) electrons. The van der Waals surface area contributed by atoms with E-state index in [1.165, 1.54) is 19.2 Å². The second kappa shape index (κ2) is 6.04. The number of carbonyl (C=O) groups is 2. The van der Waals surface area contributed by atoms with E-state index >= 15 is 0 Å². The van der Waals surface area contributed by atoms with E-state index in [1.54, 1.807) is 6.07 Å². The number of sulfone groups is 1. The molecule has 1 aromatic rings. The highest BCUT2D eigenvalue weighted by Crippen LogP contribution is 2.19. The second-order valence-corrected chi connectivity index (χ2v) is 6.49. The SMILES string of the molecule is CCc1ccc(C(=O)N(C)CC(=O)O)cc1S(C)(=O)=O. The topological polar surface area (TPSA) is 91.8 Å². The summed E-state index contributed by atoms with van der Waals surface area (Å²) in [5.74, 6) is -1.66. The van der Waals surface area contributed by atoms with Gasteiger partial charge in [0, 0.05) is 18.9 Å². The summed E-state index contributed by atoms with van der Waals surface area (Å²) < 4.78 is 23.4. The molecule has 0 aliphatic heterocycles. The summed E-state index contributed by atoms with van der Waals surface area (Å²) in [4.78, 5) is 23.7. The van der Waals surface area contributed by atoms with Crippen molar-refractivity contribution in [1.82, 2.24) is 4.90 Å². The number of nitrogens with zero attached hydrogens (tertiary/aromatic N) is 1. The van der Waals surface area contributed by atoms with Gasteiger partial charge in [0.25, 0.3) is 5.91 Å². The molecule has 7 heteroatoms. The third kappa shape index (κ3) is 3.80. The highest BCUT2D eigenvalue weighted by atomic mass is 32.2. The van der Waals surface area contributed by atoms with Crippen molar-refractivity contribution in [2.45, 2.75) is 18.2 Å². The van der Waals surface area contributed by atoms with Crippen molar-refractivity contribution in [2.75, 3.05) is 19.8 Å². The number of benzene rings is 1. The molecule has 0 aliphatic carbocycles. The molecule has 1 rings (SSSR count). The minimum Gasteiger partial charge on any atom is -0.480 e. The number of likely N-dealkylation sites (N-methyl/N-ethyl adjacent to an activating group) is 1. The maximum Gasteiger partial charge on any atom is 0.323 e. The van der Waals surface area contributed by atoms with Crippen molar-refractivity contribution in [3.8, 4) is 0 Å². The number of aliphatic carboxylic acids is 1. The molecular formula is C13H17NO5S. The highest BCUT2D eigenvalue weighted by molar-refractivity contribution is 7.90. The summed E-state index contributed by atoms with van der Waals surface area (Å²) in [7, 11) is -2.09. The number of hydrogen-bond acceptors (Lipinski definition) is 4. The molecule has 0 spiro atoms. The zero-order valence-corrected chi connectivity index (χ0v) is 12.4. The van der Waals surface area contributed by atoms with Crippen molar-refractivity contribution in [3.05, 3.63) is 29.3 Å². The molecule has 0 saturated heterocycles. The Kier molecular flexibility index (Phi) is 4.88. The smallest absolute Gasteiger partial charge is 0.323 e. The summed E-state index contributed by atoms with van der Waals surface area (Å²) in [6.07, 6.45) is 1.61. The molecule has 6 nitrogen and oxygen atoms in total. The summed E-state index contributed by atoms with van der Waals surface area (Å²) >= 11 is 0. The van der Waals surface area contributed by atoms with Crippen LogP contribution in [0, 0.1) is 0 Å². The first-order valence-corrected chi connectivity index (χ1v) is 7.86. The molecule has 1 aromatic carbocycles. The lowest BCUT2D eigenvalue weighted by molar-refractivity contribution is -0.137. The van der Waals surface area contributed by atoms with Crippen LogP contribution in [0.5, 0.6) is 0 Å². The van der Waals surface area contributed by atoms with Crippen LogP contribution in [-0.4, -0.2) is 50.1 Å². The van der Waals surface area contributed by atoms with Crippen LogP contribution in [0.2, 0.25) is 0 Å². The molecule has 110 valence electrons. The van der Waals surface area contributed by atoms with E-state index in [2.05, 4.69) is 0 Å². The number of carboxylic acids is 1. The van der Waals surface area contributed by atoms with Gasteiger partial charge in [0.2, 0.25) is 0 Å². The molecule has 0 atom stereocenters. The van der Waals surface area contributed by atoms with E-state index < -0.39 is 28.3 Å². The van der Waals surface area contributed by atoms with Crippen LogP contribution in [0.3, 0.4) is 0 Å². The maximum atomic E-state index is 12.0. The van der Waals surface area contributed by atoms with E-state index in [-0.39, 0.29) is 10.5 Å². The molecule has 0 aromatic heterocycles. The van der Waals surface area contributed by atoms with Crippen molar-refractivity contribution in [3.63, 3.8) is 0 Å². The molecule has 0 bridgehead atoms. The van der Waals surface area contributed by atoms with Gasteiger partial charge in [0.05, 0.1) is 4.90 Å². The number of carbonyl (C=O) groups excluding carboxylic acids is 1. The van der Waals surface area contributed by atoms with Crippen molar-refractivity contribution in [2.24, 2.45) is 0 Å². The Labute approximate surface area is 117 Å². The van der Waals surface area contributed by atoms with E-state index in [0.717, 1.165) is 11.2 Å². The Morgan fingerprint density at radius 1 is 1.30 bits per heavy atom. The fraction of sp³-hybridized carbons (Fsp3) is 0.385. The number of hydrogen-bond donors (Lipinski definition) is 1. The Bertz CT molecular complexity index is 636. The summed E-state index contributed by atoms with van der Waals surface area (Å²) in [6.45, 7) is 1.38. The molecule has 1 amide bonds. The Morgan fingerprint density at radius 3 is 2.35 bits per heavy atom. The third-order valence-electron chi connectivity index (χ3n) is 2.81. The van der Waals surface area contributed by atoms with Gasteiger partial charge in [-0.15, -0.1) is 0 Å². The molecule has 1 N–H and O–H groups in total. The van der Waals surface area contributed by atoms with Gasteiger partial charge in [-0.3, -0.25) is 9.59 Å². The Balaban J connectivity index is 3.22. The first-order chi connectivity index (χ1) is 9.16. The Morgan fingerprint density at radius 2 is 1.90 bits per heavy atom. The van der Waals surface area contributed by atoms with Crippen LogP contribution in [-0.2, 0) is 21.1 Å². The first-order valence-electron chi connectivity index (χ1n) is 5.97. The van der Waals surface area contributed by atoms with Gasteiger partial charge in [-0.25, -0.2) is 8.42 Å². The molecule has 0 aliphatic rings. The van der Waals surface area contributed by atoms with Gasteiger partial charge in [-0.2, -0.15) is 0 Å². The van der Waals surface area contributed by atoms with Gasteiger partial charge in [0.15, 0.2) is 9.84 Å². The van der Waals surface area contributed by atoms with Crippen LogP contribution in [0.1, 0.15) is 22.8 Å². The van der Waals surface area contributed by atoms with Crippen LogP contribution < -0.4 is 0 Å². The monoisotopic (exact) mass is 299 g/mol. The molecule has 20 heavy (non-hydrogen) atoms. The highest BCUT2D eigenvalue weighted by Gasteiger charge is 2.19. The average molecular weight is 299 g/mol. The van der Waals surface area contributed by atoms with E-state index in [4.69, 9.17) is 5.11 Å². The lowest BCUT2D eigenvalue weighted by atomic mass is 10.1. The summed E-state index contributed by atoms with van der Waals surface area (Å²) in [5.41, 5.74) is 0.788. The average Bonchev–Trinajstić information content (AvgIpc) is 2.35. The van der Waals surface area contributed by atoms with Crippen molar-refractivity contribution >= 4 is 21.7 Å². The predicted octanol–water partition coefficient (Wildman–Crippen LogP) is 0.809. The number of carboxylic acid groups (broad SMARTS) is 1. The van der Waals surface area contributed by atoms with E-state index in [1.807, 2.05) is 6.92 Å². The first kappa shape index (κ1) is 16.2. The fourth-order valence-electron chi connectivity index (χ4n) is 1.82. The fourth-order valence-corrected chi connectivity index (χ4v) is 2.85. The minimum atomic E-state index is -3.44. The lowest BCUT2D eigenvalue weighted by Gasteiger charge is -2.16. The van der Waals surface area contributed by atoms with Gasteiger partial charge in [0.1, 0.15) is 6.54 Å². The number of amides is 1. The predicted molar refractivity (Wildman–Crippen MR) is 73.5 cm³/mol. The summed E-state index contributed by atoms with van der Waals surface area (Å²) in [5, 5.41) is 8.66. The number of aryl methyl sites for hydroxylation is 1. The third-order valence-corrected chi connectivity index (χ3v) is 3.99. The van der Waals surface area contributed by atoms with Crippen LogP contribution >= 0.6 is 0 Å². The largest absolute Gasteiger partial charge is 0.480 e. The Hall–Kier alpha value is -1.89. The quantitative estimate of drug-likeness (QED) is 0.868. The van der Waals surface area contributed by atoms with E-state index in [0.29, 0.717) is 12.0 Å². The molecule has 0 unspecified atom stereocenters. The van der Waals surface area contributed by atoms with Crippen LogP contribution in [0.15, 0.2) is 23.1 Å². The zero-order valence-electron chi connectivity index (χ0n) is 11.6. The normalized spacial score (nSPS) is 11.2. The van der Waals surface area contributed by atoms with Gasteiger partial charge >= 0.3 is 5.97 Å². The summed E-state index contributed by atoms with van der Waals surface area (Å²) in [6, 6.07) is 4.39. The second-order valence-electron chi connectivity index (χ2n) is 4.50.